The Balaban J connectivity index is 1.36. The molecule has 1 fully saturated rings. The highest BCUT2D eigenvalue weighted by Gasteiger charge is 2.39. The average molecular weight is 1330 g/mol. The number of Topliss-reactive ketones (excluding diaryl/α,β-unsaturated/α-hetero) is 2. The van der Waals surface area contributed by atoms with Crippen LogP contribution < -0.4 is 16.0 Å². The second-order valence-electron chi connectivity index (χ2n) is 25.3. The molecule has 0 radical (unpaired) electrons. The number of ether oxygens (including phenoxy) is 6. The van der Waals surface area contributed by atoms with Gasteiger partial charge in [0.05, 0.1) is 76.7 Å². The van der Waals surface area contributed by atoms with Gasteiger partial charge in [0.25, 0.3) is 11.8 Å². The van der Waals surface area contributed by atoms with E-state index >= 15 is 0 Å². The van der Waals surface area contributed by atoms with Crippen molar-refractivity contribution >= 4 is 76.5 Å². The van der Waals surface area contributed by atoms with Gasteiger partial charge in [-0.2, -0.15) is 0 Å². The summed E-state index contributed by atoms with van der Waals surface area (Å²) in [4.78, 5) is 152. The minimum absolute atomic E-state index is 0.00487. The number of aryl methyl sites for hydroxylation is 2. The van der Waals surface area contributed by atoms with Gasteiger partial charge in [-0.05, 0) is 79.8 Å². The second kappa shape index (κ2) is 39.7. The number of amides is 6. The summed E-state index contributed by atoms with van der Waals surface area (Å²) in [5.74, 6) is -8.94. The minimum Gasteiger partial charge on any atom is -0.459 e. The number of imide groups is 1. The molecular formula is C68H98ClN5O19. The molecule has 0 bridgehead atoms. The maximum Gasteiger partial charge on any atom is 0.347 e. The molecule has 6 amide bonds. The number of hydrogen-bond acceptors (Lipinski definition) is 19. The zero-order chi connectivity index (χ0) is 69.0. The molecule has 2 aromatic rings. The number of nitrogens with one attached hydrogen (secondary N) is 3. The molecule has 0 aliphatic carbocycles. The van der Waals surface area contributed by atoms with Crippen molar-refractivity contribution in [1.82, 2.24) is 25.9 Å². The molecular weight excluding hydrogens is 1230 g/mol. The lowest BCUT2D eigenvalue weighted by molar-refractivity contribution is -0.197. The highest BCUT2D eigenvalue weighted by atomic mass is 35.5. The van der Waals surface area contributed by atoms with Crippen LogP contribution in [-0.4, -0.2) is 183 Å². The van der Waals surface area contributed by atoms with E-state index in [2.05, 4.69) is 16.0 Å². The lowest BCUT2D eigenvalue weighted by Gasteiger charge is -2.33. The van der Waals surface area contributed by atoms with Crippen LogP contribution in [0, 0.1) is 36.0 Å². The molecule has 2 aliphatic rings. The van der Waals surface area contributed by atoms with Gasteiger partial charge in [-0.25, -0.2) is 9.59 Å². The summed E-state index contributed by atoms with van der Waals surface area (Å²) in [6.45, 7) is 18.9. The molecule has 1 saturated heterocycles. The highest BCUT2D eigenvalue weighted by Crippen LogP contribution is 2.31. The zero-order valence-corrected chi connectivity index (χ0v) is 56.6. The smallest absolute Gasteiger partial charge is 0.347 e. The van der Waals surface area contributed by atoms with E-state index < -0.39 is 113 Å². The Kier molecular flexibility index (Phi) is 33.5. The maximum atomic E-state index is 14.0. The molecule has 0 spiro atoms. The molecule has 516 valence electrons. The third-order valence-electron chi connectivity index (χ3n) is 16.2. The van der Waals surface area contributed by atoms with Gasteiger partial charge in [0.2, 0.25) is 23.6 Å². The van der Waals surface area contributed by atoms with E-state index in [1.165, 1.54) is 17.1 Å². The number of hydroxylamine groups is 2. The van der Waals surface area contributed by atoms with Crippen molar-refractivity contribution in [2.75, 3.05) is 73.0 Å². The van der Waals surface area contributed by atoms with Crippen molar-refractivity contribution < 1.29 is 91.1 Å². The number of carbonyl (C=O) groups is 11. The lowest BCUT2D eigenvalue weighted by atomic mass is 9.83. The Morgan fingerprint density at radius 2 is 1.40 bits per heavy atom. The van der Waals surface area contributed by atoms with Crippen molar-refractivity contribution in [2.45, 2.75) is 176 Å². The number of benzene rings is 2. The summed E-state index contributed by atoms with van der Waals surface area (Å²) in [6, 6.07) is 10.7. The number of cyclic esters (lactones) is 2. The fourth-order valence-electron chi connectivity index (χ4n) is 10.2. The summed E-state index contributed by atoms with van der Waals surface area (Å²) in [7, 11) is 1.57. The first kappa shape index (κ1) is 78.5. The molecule has 4 N–H and O–H groups in total. The number of hydrogen-bond donors (Lipinski definition) is 4. The summed E-state index contributed by atoms with van der Waals surface area (Å²) in [5.41, 5.74) is 1.77. The van der Waals surface area contributed by atoms with E-state index in [1.54, 1.807) is 54.7 Å². The predicted molar refractivity (Wildman–Crippen MR) is 342 cm³/mol. The maximum absolute atomic E-state index is 14.0. The van der Waals surface area contributed by atoms with Crippen LogP contribution >= 0.6 is 11.6 Å². The molecule has 0 aromatic heterocycles. The van der Waals surface area contributed by atoms with Gasteiger partial charge >= 0.3 is 17.9 Å². The van der Waals surface area contributed by atoms with Gasteiger partial charge in [0.15, 0.2) is 11.9 Å². The Bertz CT molecular complexity index is 2860. The van der Waals surface area contributed by atoms with Crippen molar-refractivity contribution in [3.63, 3.8) is 0 Å². The fourth-order valence-corrected chi connectivity index (χ4v) is 10.4. The molecule has 2 aromatic carbocycles. The van der Waals surface area contributed by atoms with Gasteiger partial charge in [-0.1, -0.05) is 103 Å². The predicted octanol–water partition coefficient (Wildman–Crippen LogP) is 5.99. The summed E-state index contributed by atoms with van der Waals surface area (Å²) >= 11 is 6.40. The third-order valence-corrected chi connectivity index (χ3v) is 16.6. The number of aliphatic hydroxyl groups is 1. The van der Waals surface area contributed by atoms with Crippen LogP contribution in [0.15, 0.2) is 54.6 Å². The molecule has 25 heteroatoms. The second-order valence-corrected chi connectivity index (χ2v) is 25.7. The molecule has 0 unspecified atom stereocenters. The third kappa shape index (κ3) is 27.1. The standard InChI is InChI=1S/C68H98ClN5O19/c1-42(2)37-56-66(85)91-55(13-12-14-57(77)71-52(40-49-16-15-44(5)51(69)39-49)65(84)70-41-68(9,10)67(86)92-56)47(8)64(83)46(7)50-20-17-48(18-21-50)19-22-53(75)45(6)38-54(76)63(43(3)4)72-58(78)25-28-73(29-26-62(82)93-74-60(80)23-24-61(74)81)59(79)27-30-88-33-34-90-36-35-89-32-31-87-11/h12,14-18,20-21,39,42-43,45-47,52,55-56,63-64,83H,13,19,22-38,40-41H2,1-11H3,(H,70,84)(H,71,77)(H,72,78)/b14-12+/t45-,46-,47+,52-,55+,56+,63+,64+/m1/s1. The lowest BCUT2D eigenvalue weighted by Crippen LogP contribution is -2.51. The Morgan fingerprint density at radius 1 is 0.785 bits per heavy atom. The van der Waals surface area contributed by atoms with Crippen LogP contribution in [0.5, 0.6) is 0 Å². The van der Waals surface area contributed by atoms with Crippen molar-refractivity contribution in [2.24, 2.45) is 29.1 Å². The van der Waals surface area contributed by atoms with Gasteiger partial charge in [-0.15, -0.1) is 5.06 Å². The van der Waals surface area contributed by atoms with Crippen LogP contribution in [0.1, 0.15) is 148 Å². The number of methoxy groups -OCH3 is 1. The van der Waals surface area contributed by atoms with Crippen molar-refractivity contribution in [3.05, 3.63) is 81.9 Å². The first-order valence-corrected chi connectivity index (χ1v) is 32.5. The zero-order valence-electron chi connectivity index (χ0n) is 55.9. The SMILES string of the molecule is COCCOCCOCCOCCC(=O)N(CCC(=O)N[C@H](C(=O)C[C@@H](C)C(=O)CCc1ccc([C@@H](C)[C@H](O)[C@@H](C)[C@@H]2C/C=C/C(=O)N[C@H](Cc3ccc(C)c(Cl)c3)C(=O)NCC(C)(C)C(=O)O[C@@H](CC(C)C)C(=O)O2)cc1)C(C)C)CCC(=O)ON1C(=O)CCC1=O. The molecule has 2 heterocycles. The van der Waals surface area contributed by atoms with Gasteiger partial charge in [-0.3, -0.25) is 43.2 Å². The van der Waals surface area contributed by atoms with Crippen molar-refractivity contribution in [3.8, 4) is 0 Å². The largest absolute Gasteiger partial charge is 0.459 e. The number of rotatable bonds is 36. The minimum atomic E-state index is -1.32. The van der Waals surface area contributed by atoms with E-state index in [1.807, 2.05) is 64.1 Å². The van der Waals surface area contributed by atoms with Gasteiger partial charge in [0.1, 0.15) is 17.9 Å². The summed E-state index contributed by atoms with van der Waals surface area (Å²) < 4.78 is 33.3. The Morgan fingerprint density at radius 3 is 2.01 bits per heavy atom. The molecule has 93 heavy (non-hydrogen) atoms. The van der Waals surface area contributed by atoms with E-state index in [9.17, 15) is 57.8 Å². The van der Waals surface area contributed by atoms with Crippen molar-refractivity contribution in [1.29, 1.82) is 0 Å². The number of halogens is 1. The summed E-state index contributed by atoms with van der Waals surface area (Å²) in [5, 5.41) is 21.2. The Hall–Kier alpha value is -6.96. The topological polar surface area (TPSA) is 315 Å². The highest BCUT2D eigenvalue weighted by molar-refractivity contribution is 6.31. The number of aliphatic hydroxyl groups excluding tert-OH is 1. The fraction of sp³-hybridized carbons (Fsp3) is 0.632. The monoisotopic (exact) mass is 1320 g/mol. The summed E-state index contributed by atoms with van der Waals surface area (Å²) in [6.07, 6.45) is -1.16. The van der Waals surface area contributed by atoms with Crippen LogP contribution in [-0.2, 0) is 98.8 Å². The van der Waals surface area contributed by atoms with Crippen LogP contribution in [0.4, 0.5) is 0 Å². The quantitative estimate of drug-likeness (QED) is 0.0346. The molecule has 24 nitrogen and oxygen atoms in total. The van der Waals surface area contributed by atoms with Gasteiger partial charge in [0, 0.05) is 94.5 Å². The molecule has 8 atom stereocenters. The molecule has 0 saturated carbocycles. The molecule has 2 aliphatic heterocycles. The van der Waals surface area contributed by atoms with Crippen LogP contribution in [0.3, 0.4) is 0 Å². The normalized spacial score (nSPS) is 19.4. The molecule has 4 rings (SSSR count). The number of carbonyl (C=O) groups excluding carboxylic acids is 11. The first-order valence-electron chi connectivity index (χ1n) is 32.1. The number of ketones is 2. The van der Waals surface area contributed by atoms with Crippen LogP contribution in [0.25, 0.3) is 0 Å². The average Bonchev–Trinajstić information content (AvgIpc) is 1.87. The van der Waals surface area contributed by atoms with Crippen LogP contribution in [0.2, 0.25) is 5.02 Å². The Labute approximate surface area is 551 Å². The first-order chi connectivity index (χ1) is 44.0. The van der Waals surface area contributed by atoms with E-state index in [-0.39, 0.29) is 121 Å². The van der Waals surface area contributed by atoms with Gasteiger partial charge < -0.3 is 59.2 Å². The number of esters is 2. The van der Waals surface area contributed by atoms with E-state index in [4.69, 9.17) is 44.9 Å². The number of nitrogens with zero attached hydrogens (tertiary/aromatic N) is 2. The van der Waals surface area contributed by atoms with E-state index in [0.29, 0.717) is 48.5 Å². The van der Waals surface area contributed by atoms with E-state index in [0.717, 1.165) is 16.7 Å².